The maximum atomic E-state index is 14.8. The summed E-state index contributed by atoms with van der Waals surface area (Å²) in [6.45, 7) is 4.60. The Bertz CT molecular complexity index is 1380. The van der Waals surface area contributed by atoms with Crippen LogP contribution in [0.3, 0.4) is 0 Å². The van der Waals surface area contributed by atoms with E-state index in [2.05, 4.69) is 32.3 Å². The number of ether oxygens (including phenoxy) is 2. The molecule has 0 saturated carbocycles. The van der Waals surface area contributed by atoms with Crippen molar-refractivity contribution in [1.29, 1.82) is 0 Å². The van der Waals surface area contributed by atoms with Gasteiger partial charge in [-0.2, -0.15) is 13.6 Å². The van der Waals surface area contributed by atoms with Gasteiger partial charge in [0.05, 0.1) is 25.4 Å². The molecule has 11 nitrogen and oxygen atoms in total. The van der Waals surface area contributed by atoms with Crippen molar-refractivity contribution in [3.05, 3.63) is 59.7 Å². The minimum atomic E-state index is -3.03. The molecular formula is C24H23F4N7O4. The summed E-state index contributed by atoms with van der Waals surface area (Å²) >= 11 is 0. The highest BCUT2D eigenvalue weighted by molar-refractivity contribution is 5.92. The summed E-state index contributed by atoms with van der Waals surface area (Å²) in [5.74, 6) is -3.51. The van der Waals surface area contributed by atoms with Gasteiger partial charge in [0.25, 0.3) is 5.90 Å². The van der Waals surface area contributed by atoms with E-state index in [9.17, 15) is 27.5 Å². The van der Waals surface area contributed by atoms with Crippen LogP contribution in [0.1, 0.15) is 11.1 Å². The third-order valence-electron chi connectivity index (χ3n) is 5.64. The summed E-state index contributed by atoms with van der Waals surface area (Å²) in [5, 5.41) is 24.6. The average Bonchev–Trinajstić information content (AvgIpc) is 3.39. The molecule has 0 radical (unpaired) electrons. The van der Waals surface area contributed by atoms with Crippen molar-refractivity contribution in [1.82, 2.24) is 25.1 Å². The summed E-state index contributed by atoms with van der Waals surface area (Å²) in [7, 11) is 1.08. The molecule has 0 aliphatic carbocycles. The minimum absolute atomic E-state index is 0.0643. The third-order valence-corrected chi connectivity index (χ3v) is 5.64. The molecule has 2 amide bonds. The van der Waals surface area contributed by atoms with E-state index in [0.717, 1.165) is 24.0 Å². The number of hydrogen-bond donors (Lipinski definition) is 2. The number of phenolic OH excluding ortho intramolecular Hbond substituents is 1. The highest BCUT2D eigenvalue weighted by Crippen LogP contribution is 2.29. The van der Waals surface area contributed by atoms with Crippen LogP contribution in [-0.2, 0) is 16.0 Å². The fourth-order valence-corrected chi connectivity index (χ4v) is 3.59. The number of nitrogens with zero attached hydrogens (tertiary/aromatic N) is 6. The van der Waals surface area contributed by atoms with Crippen molar-refractivity contribution >= 4 is 23.4 Å². The number of alkyl halides is 2. The van der Waals surface area contributed by atoms with E-state index in [1.54, 1.807) is 0 Å². The number of hydrogen-bond acceptors (Lipinski definition) is 8. The van der Waals surface area contributed by atoms with Crippen LogP contribution in [0.4, 0.5) is 28.0 Å². The van der Waals surface area contributed by atoms with Gasteiger partial charge in [-0.15, -0.1) is 10.2 Å². The van der Waals surface area contributed by atoms with Gasteiger partial charge < -0.3 is 24.8 Å². The number of anilines is 1. The van der Waals surface area contributed by atoms with Gasteiger partial charge in [-0.3, -0.25) is 4.99 Å². The van der Waals surface area contributed by atoms with Crippen molar-refractivity contribution in [3.8, 4) is 17.1 Å². The van der Waals surface area contributed by atoms with Crippen molar-refractivity contribution < 1.29 is 36.9 Å². The molecule has 1 aromatic heterocycles. The molecule has 0 bridgehead atoms. The van der Waals surface area contributed by atoms with E-state index < -0.39 is 47.9 Å². The summed E-state index contributed by atoms with van der Waals surface area (Å²) in [5.41, 5.74) is -0.136. The summed E-state index contributed by atoms with van der Waals surface area (Å²) in [6, 6.07) is 5.58. The number of amides is 2. The van der Waals surface area contributed by atoms with Crippen LogP contribution in [0.15, 0.2) is 41.9 Å². The lowest BCUT2D eigenvalue weighted by molar-refractivity contribution is 0.0564. The normalized spacial score (nSPS) is 14.0. The van der Waals surface area contributed by atoms with Crippen LogP contribution in [0.25, 0.3) is 17.1 Å². The van der Waals surface area contributed by atoms with E-state index >= 15 is 0 Å². The third kappa shape index (κ3) is 6.49. The molecule has 1 aliphatic heterocycles. The lowest BCUT2D eigenvalue weighted by Gasteiger charge is -2.27. The molecule has 4 rings (SSSR count). The molecule has 15 heteroatoms. The summed E-state index contributed by atoms with van der Waals surface area (Å²) < 4.78 is 65.2. The van der Waals surface area contributed by atoms with Gasteiger partial charge in [0, 0.05) is 36.8 Å². The SMILES string of the molecule is C=C(OC(=NC)C(F)F)c1cc(F)c(Cn2nnc(-c3ccc(O)c(NC(=O)N4CCOCC4)c3)n2)c(F)c1. The lowest BCUT2D eigenvalue weighted by atomic mass is 10.1. The topological polar surface area (TPSA) is 127 Å². The van der Waals surface area contributed by atoms with Crippen LogP contribution < -0.4 is 5.32 Å². The first-order valence-electron chi connectivity index (χ1n) is 11.5. The molecule has 2 heterocycles. The lowest BCUT2D eigenvalue weighted by Crippen LogP contribution is -2.43. The number of tetrazole rings is 1. The number of aliphatic imine (C=N–C) groups is 1. The molecule has 1 saturated heterocycles. The number of urea groups is 1. The monoisotopic (exact) mass is 549 g/mol. The molecule has 39 heavy (non-hydrogen) atoms. The Morgan fingerprint density at radius 1 is 1.23 bits per heavy atom. The number of phenols is 1. The predicted octanol–water partition coefficient (Wildman–Crippen LogP) is 3.52. The van der Waals surface area contributed by atoms with Gasteiger partial charge >= 0.3 is 12.5 Å². The molecule has 2 N–H and O–H groups in total. The van der Waals surface area contributed by atoms with Gasteiger partial charge in [-0.1, -0.05) is 6.58 Å². The predicted molar refractivity (Wildman–Crippen MR) is 131 cm³/mol. The fraction of sp³-hybridized carbons (Fsp3) is 0.292. The van der Waals surface area contributed by atoms with Crippen molar-refractivity contribution in [2.45, 2.75) is 13.0 Å². The number of nitrogens with one attached hydrogen (secondary N) is 1. The molecule has 3 aromatic rings. The molecule has 0 spiro atoms. The number of aromatic nitrogens is 4. The Kier molecular flexibility index (Phi) is 8.39. The van der Waals surface area contributed by atoms with Crippen molar-refractivity contribution in [2.24, 2.45) is 4.99 Å². The first-order chi connectivity index (χ1) is 18.7. The van der Waals surface area contributed by atoms with Crippen LogP contribution >= 0.6 is 0 Å². The minimum Gasteiger partial charge on any atom is -0.506 e. The number of benzene rings is 2. The Labute approximate surface area is 219 Å². The van der Waals surface area contributed by atoms with Gasteiger partial charge in [0.1, 0.15) is 23.1 Å². The molecule has 0 atom stereocenters. The van der Waals surface area contributed by atoms with Gasteiger partial charge in [0.15, 0.2) is 0 Å². The average molecular weight is 549 g/mol. The van der Waals surface area contributed by atoms with E-state index in [1.165, 1.54) is 23.1 Å². The first kappa shape index (κ1) is 27.5. The van der Waals surface area contributed by atoms with E-state index in [-0.39, 0.29) is 22.8 Å². The van der Waals surface area contributed by atoms with Crippen molar-refractivity contribution in [2.75, 3.05) is 38.7 Å². The quantitative estimate of drug-likeness (QED) is 0.152. The van der Waals surface area contributed by atoms with E-state index in [4.69, 9.17) is 9.47 Å². The zero-order chi connectivity index (χ0) is 28.1. The maximum absolute atomic E-state index is 14.8. The van der Waals surface area contributed by atoms with Gasteiger partial charge in [0.2, 0.25) is 5.82 Å². The second kappa shape index (κ2) is 11.9. The molecule has 1 fully saturated rings. The second-order valence-corrected chi connectivity index (χ2v) is 8.21. The number of morpholine rings is 1. The van der Waals surface area contributed by atoms with Crippen LogP contribution in [-0.4, -0.2) is 81.9 Å². The Morgan fingerprint density at radius 2 is 1.92 bits per heavy atom. The summed E-state index contributed by atoms with van der Waals surface area (Å²) in [6.07, 6.45) is -3.03. The number of carbonyl (C=O) groups excluding carboxylic acids is 1. The van der Waals surface area contributed by atoms with E-state index in [1.807, 2.05) is 0 Å². The van der Waals surface area contributed by atoms with Crippen LogP contribution in [0, 0.1) is 11.6 Å². The van der Waals surface area contributed by atoms with Gasteiger partial charge in [-0.25, -0.2) is 13.6 Å². The largest absolute Gasteiger partial charge is 0.506 e. The highest BCUT2D eigenvalue weighted by atomic mass is 19.3. The second-order valence-electron chi connectivity index (χ2n) is 8.21. The molecular weight excluding hydrogens is 526 g/mol. The van der Waals surface area contributed by atoms with Crippen LogP contribution in [0.2, 0.25) is 0 Å². The first-order valence-corrected chi connectivity index (χ1v) is 11.5. The summed E-state index contributed by atoms with van der Waals surface area (Å²) in [4.78, 5) is 18.2. The molecule has 0 unspecified atom stereocenters. The Morgan fingerprint density at radius 3 is 2.56 bits per heavy atom. The zero-order valence-corrected chi connectivity index (χ0v) is 20.6. The number of carbonyl (C=O) groups is 1. The highest BCUT2D eigenvalue weighted by Gasteiger charge is 2.21. The standard InChI is InChI=1S/C24H23F4N7O4/c1-13(39-23(29-2)21(27)28)15-9-17(25)16(18(26)10-15)12-35-32-22(31-33-35)14-3-4-20(36)19(11-14)30-24(37)34-5-7-38-8-6-34/h3-4,9-11,21,36H,1,5-8,12H2,2H3,(H,30,37). The number of halogens is 4. The fourth-order valence-electron chi connectivity index (χ4n) is 3.59. The maximum Gasteiger partial charge on any atom is 0.322 e. The molecule has 2 aromatic carbocycles. The number of rotatable bonds is 7. The van der Waals surface area contributed by atoms with Crippen molar-refractivity contribution in [3.63, 3.8) is 0 Å². The smallest absolute Gasteiger partial charge is 0.322 e. The molecule has 206 valence electrons. The van der Waals surface area contributed by atoms with E-state index in [0.29, 0.717) is 31.9 Å². The van der Waals surface area contributed by atoms with Gasteiger partial charge in [-0.05, 0) is 35.5 Å². The molecule has 1 aliphatic rings. The number of aromatic hydroxyl groups is 1. The zero-order valence-electron chi connectivity index (χ0n) is 20.6. The Hall–Kier alpha value is -4.53. The Balaban J connectivity index is 1.48. The van der Waals surface area contributed by atoms with Crippen LogP contribution in [0.5, 0.6) is 5.75 Å².